The molecule has 1 saturated heterocycles. The van der Waals surface area contributed by atoms with E-state index in [-0.39, 0.29) is 5.63 Å². The number of nitrogens with zero attached hydrogens (tertiary/aromatic N) is 2. The molecule has 2 aromatic rings. The highest BCUT2D eigenvalue weighted by molar-refractivity contribution is 5.86. The van der Waals surface area contributed by atoms with Crippen LogP contribution >= 0.6 is 0 Å². The van der Waals surface area contributed by atoms with Crippen molar-refractivity contribution in [3.05, 3.63) is 39.2 Å². The SMILES string of the molecule is CCCCc1cc(=O)oc2c(C)c3c(cc12)CN(CCN1CCOCC1)CO3. The summed E-state index contributed by atoms with van der Waals surface area (Å²) in [5.74, 6) is 0.880. The van der Waals surface area contributed by atoms with Crippen LogP contribution < -0.4 is 10.4 Å². The van der Waals surface area contributed by atoms with Gasteiger partial charge in [0, 0.05) is 55.3 Å². The van der Waals surface area contributed by atoms with Gasteiger partial charge in [0.2, 0.25) is 0 Å². The Morgan fingerprint density at radius 3 is 2.68 bits per heavy atom. The van der Waals surface area contributed by atoms with Gasteiger partial charge in [0.15, 0.2) is 0 Å². The Bertz CT molecular complexity index is 886. The van der Waals surface area contributed by atoms with Gasteiger partial charge in [-0.25, -0.2) is 4.79 Å². The van der Waals surface area contributed by atoms with Crippen LogP contribution in [0.25, 0.3) is 11.0 Å². The second-order valence-corrected chi connectivity index (χ2v) is 7.84. The van der Waals surface area contributed by atoms with E-state index in [1.165, 1.54) is 5.56 Å². The summed E-state index contributed by atoms with van der Waals surface area (Å²) in [7, 11) is 0. The molecule has 28 heavy (non-hydrogen) atoms. The molecule has 1 aromatic heterocycles. The number of rotatable bonds is 6. The van der Waals surface area contributed by atoms with Gasteiger partial charge in [-0.1, -0.05) is 13.3 Å². The number of hydrogen-bond acceptors (Lipinski definition) is 6. The first-order chi connectivity index (χ1) is 13.7. The molecule has 2 aliphatic rings. The van der Waals surface area contributed by atoms with Crippen molar-refractivity contribution in [1.82, 2.24) is 9.80 Å². The van der Waals surface area contributed by atoms with Gasteiger partial charge < -0.3 is 13.9 Å². The first kappa shape index (κ1) is 19.4. The Hall–Kier alpha value is -1.89. The predicted molar refractivity (Wildman–Crippen MR) is 109 cm³/mol. The molecule has 0 aliphatic carbocycles. The van der Waals surface area contributed by atoms with Crippen LogP contribution in [-0.4, -0.2) is 55.9 Å². The molecule has 0 unspecified atom stereocenters. The fraction of sp³-hybridized carbons (Fsp3) is 0.591. The number of unbranched alkanes of at least 4 members (excludes halogenated alkanes) is 1. The van der Waals surface area contributed by atoms with Gasteiger partial charge >= 0.3 is 5.63 Å². The van der Waals surface area contributed by atoms with E-state index in [2.05, 4.69) is 22.8 Å². The number of morpholine rings is 1. The van der Waals surface area contributed by atoms with E-state index in [4.69, 9.17) is 13.9 Å². The molecular weight excluding hydrogens is 356 g/mol. The Morgan fingerprint density at radius 1 is 1.11 bits per heavy atom. The normalized spacial score (nSPS) is 18.2. The molecule has 4 rings (SSSR count). The van der Waals surface area contributed by atoms with Gasteiger partial charge in [-0.3, -0.25) is 9.80 Å². The van der Waals surface area contributed by atoms with Gasteiger partial charge in [0.25, 0.3) is 0 Å². The summed E-state index contributed by atoms with van der Waals surface area (Å²) in [6.45, 7) is 11.3. The standard InChI is InChI=1S/C22H30N2O4/c1-3-4-5-17-13-20(25)28-22-16(2)21-18(12-19(17)22)14-24(15-27-21)7-6-23-8-10-26-11-9-23/h12-13H,3-11,14-15H2,1-2H3. The van der Waals surface area contributed by atoms with Crippen LogP contribution in [0.1, 0.15) is 36.5 Å². The molecule has 152 valence electrons. The fourth-order valence-corrected chi connectivity index (χ4v) is 4.16. The molecule has 6 heteroatoms. The predicted octanol–water partition coefficient (Wildman–Crippen LogP) is 2.93. The molecule has 1 fully saturated rings. The van der Waals surface area contributed by atoms with Crippen LogP contribution in [0, 0.1) is 6.92 Å². The summed E-state index contributed by atoms with van der Waals surface area (Å²) in [4.78, 5) is 16.8. The van der Waals surface area contributed by atoms with Crippen molar-refractivity contribution >= 4 is 11.0 Å². The van der Waals surface area contributed by atoms with Gasteiger partial charge in [0.05, 0.1) is 13.2 Å². The van der Waals surface area contributed by atoms with Crippen molar-refractivity contribution in [3.8, 4) is 5.75 Å². The monoisotopic (exact) mass is 386 g/mol. The largest absolute Gasteiger partial charge is 0.477 e. The van der Waals surface area contributed by atoms with Gasteiger partial charge in [-0.15, -0.1) is 0 Å². The van der Waals surface area contributed by atoms with Crippen LogP contribution in [-0.2, 0) is 17.7 Å². The second-order valence-electron chi connectivity index (χ2n) is 7.84. The van der Waals surface area contributed by atoms with Crippen molar-refractivity contribution in [2.75, 3.05) is 46.1 Å². The fourth-order valence-electron chi connectivity index (χ4n) is 4.16. The van der Waals surface area contributed by atoms with Crippen LogP contribution in [0.5, 0.6) is 5.75 Å². The Labute approximate surface area is 166 Å². The molecule has 0 N–H and O–H groups in total. The van der Waals surface area contributed by atoms with E-state index in [9.17, 15) is 4.79 Å². The average molecular weight is 386 g/mol. The molecule has 0 spiro atoms. The topological polar surface area (TPSA) is 55.2 Å². The van der Waals surface area contributed by atoms with Crippen molar-refractivity contribution in [1.29, 1.82) is 0 Å². The number of hydrogen-bond donors (Lipinski definition) is 0. The average Bonchev–Trinajstić information content (AvgIpc) is 2.72. The maximum Gasteiger partial charge on any atom is 0.336 e. The summed E-state index contributed by atoms with van der Waals surface area (Å²) < 4.78 is 17.1. The van der Waals surface area contributed by atoms with E-state index < -0.39 is 0 Å². The molecule has 0 saturated carbocycles. The minimum Gasteiger partial charge on any atom is -0.477 e. The third-order valence-corrected chi connectivity index (χ3v) is 5.80. The summed E-state index contributed by atoms with van der Waals surface area (Å²) in [5, 5.41) is 1.06. The molecule has 0 radical (unpaired) electrons. The highest BCUT2D eigenvalue weighted by atomic mass is 16.5. The van der Waals surface area contributed by atoms with Crippen LogP contribution in [0.2, 0.25) is 0 Å². The van der Waals surface area contributed by atoms with E-state index in [0.717, 1.165) is 87.5 Å². The van der Waals surface area contributed by atoms with E-state index in [0.29, 0.717) is 12.3 Å². The summed E-state index contributed by atoms with van der Waals surface area (Å²) in [6, 6.07) is 3.83. The maximum absolute atomic E-state index is 12.0. The van der Waals surface area contributed by atoms with Crippen LogP contribution in [0.4, 0.5) is 0 Å². The smallest absolute Gasteiger partial charge is 0.336 e. The van der Waals surface area contributed by atoms with Crippen molar-refractivity contribution < 1.29 is 13.9 Å². The first-order valence-corrected chi connectivity index (χ1v) is 10.4. The lowest BCUT2D eigenvalue weighted by atomic mass is 9.98. The summed E-state index contributed by atoms with van der Waals surface area (Å²) >= 11 is 0. The molecule has 2 aliphatic heterocycles. The van der Waals surface area contributed by atoms with Crippen molar-refractivity contribution in [2.24, 2.45) is 0 Å². The van der Waals surface area contributed by atoms with Crippen molar-refractivity contribution in [2.45, 2.75) is 39.7 Å². The third-order valence-electron chi connectivity index (χ3n) is 5.80. The third kappa shape index (κ3) is 4.09. The highest BCUT2D eigenvalue weighted by Gasteiger charge is 2.23. The minimum atomic E-state index is -0.274. The molecule has 6 nitrogen and oxygen atoms in total. The van der Waals surface area contributed by atoms with E-state index in [1.807, 2.05) is 6.92 Å². The highest BCUT2D eigenvalue weighted by Crippen LogP contribution is 2.35. The quantitative estimate of drug-likeness (QED) is 0.712. The Morgan fingerprint density at radius 2 is 1.89 bits per heavy atom. The minimum absolute atomic E-state index is 0.274. The number of benzene rings is 1. The first-order valence-electron chi connectivity index (χ1n) is 10.4. The van der Waals surface area contributed by atoms with Gasteiger partial charge in [0.1, 0.15) is 18.1 Å². The lowest BCUT2D eigenvalue weighted by Gasteiger charge is -2.33. The number of fused-ring (bicyclic) bond motifs is 2. The molecule has 1 aromatic carbocycles. The molecule has 0 atom stereocenters. The van der Waals surface area contributed by atoms with E-state index in [1.54, 1.807) is 6.07 Å². The van der Waals surface area contributed by atoms with E-state index >= 15 is 0 Å². The van der Waals surface area contributed by atoms with Crippen LogP contribution in [0.15, 0.2) is 21.3 Å². The lowest BCUT2D eigenvalue weighted by molar-refractivity contribution is 0.0240. The zero-order valence-corrected chi connectivity index (χ0v) is 17.0. The van der Waals surface area contributed by atoms with Gasteiger partial charge in [-0.05, 0) is 31.4 Å². The number of ether oxygens (including phenoxy) is 2. The maximum atomic E-state index is 12.0. The molecular formula is C22H30N2O4. The lowest BCUT2D eigenvalue weighted by Crippen LogP contribution is -2.43. The van der Waals surface area contributed by atoms with Crippen LogP contribution in [0.3, 0.4) is 0 Å². The molecule has 0 bridgehead atoms. The number of aryl methyl sites for hydroxylation is 2. The summed E-state index contributed by atoms with van der Waals surface area (Å²) in [5.41, 5.74) is 3.62. The molecule has 0 amide bonds. The van der Waals surface area contributed by atoms with Crippen molar-refractivity contribution in [3.63, 3.8) is 0 Å². The summed E-state index contributed by atoms with van der Waals surface area (Å²) in [6.07, 6.45) is 3.07. The second kappa shape index (κ2) is 8.64. The Balaban J connectivity index is 1.57. The van der Waals surface area contributed by atoms with Gasteiger partial charge in [-0.2, -0.15) is 0 Å². The zero-order chi connectivity index (χ0) is 19.5. The Kier molecular flexibility index (Phi) is 5.99. The zero-order valence-electron chi connectivity index (χ0n) is 17.0. The molecule has 3 heterocycles.